The van der Waals surface area contributed by atoms with Crippen molar-refractivity contribution in [2.24, 2.45) is 5.41 Å². The van der Waals surface area contributed by atoms with Gasteiger partial charge >= 0.3 is 0 Å². The lowest BCUT2D eigenvalue weighted by atomic mass is 9.74. The van der Waals surface area contributed by atoms with Crippen LogP contribution in [-0.4, -0.2) is 21.9 Å². The Morgan fingerprint density at radius 3 is 2.04 bits per heavy atom. The first-order valence-electron chi connectivity index (χ1n) is 9.44. The van der Waals surface area contributed by atoms with Crippen molar-refractivity contribution in [2.75, 3.05) is 0 Å². The molecule has 2 aliphatic rings. The first-order valence-corrected chi connectivity index (χ1v) is 9.44. The number of hydrogen-bond acceptors (Lipinski definition) is 3. The molecule has 0 fully saturated rings. The molecule has 4 heteroatoms. The predicted molar refractivity (Wildman–Crippen MR) is 106 cm³/mol. The number of para-hydroxylation sites is 1. The van der Waals surface area contributed by atoms with Gasteiger partial charge in [-0.3, -0.25) is 14.4 Å². The third kappa shape index (κ3) is 2.21. The van der Waals surface area contributed by atoms with E-state index >= 15 is 0 Å². The van der Waals surface area contributed by atoms with Crippen LogP contribution in [-0.2, 0) is 6.42 Å². The van der Waals surface area contributed by atoms with Gasteiger partial charge in [0, 0.05) is 28.9 Å². The molecule has 0 spiro atoms. The summed E-state index contributed by atoms with van der Waals surface area (Å²) in [5.41, 5.74) is 3.17. The van der Waals surface area contributed by atoms with Gasteiger partial charge < -0.3 is 4.57 Å². The van der Waals surface area contributed by atoms with E-state index in [4.69, 9.17) is 0 Å². The van der Waals surface area contributed by atoms with Gasteiger partial charge in [0.15, 0.2) is 11.6 Å². The van der Waals surface area contributed by atoms with Gasteiger partial charge in [-0.05, 0) is 24.0 Å². The molecule has 28 heavy (non-hydrogen) atoms. The average Bonchev–Trinajstić information content (AvgIpc) is 3.01. The topological polar surface area (TPSA) is 56.1 Å². The molecule has 0 amide bonds. The molecule has 4 nitrogen and oxygen atoms in total. The molecule has 5 rings (SSSR count). The van der Waals surface area contributed by atoms with Crippen LogP contribution in [0.3, 0.4) is 0 Å². The number of carbonyl (C=O) groups is 3. The van der Waals surface area contributed by atoms with Gasteiger partial charge in [0.25, 0.3) is 0 Å². The number of carbonyl (C=O) groups excluding carboxylic acids is 3. The number of Topliss-reactive ketones (excluding diaryl/α,β-unsaturated/α-hetero) is 1. The molecular weight excluding hydrogens is 350 g/mol. The minimum Gasteiger partial charge on any atom is -0.309 e. The fraction of sp³-hybridized carbons (Fsp3) is 0.208. The van der Waals surface area contributed by atoms with Gasteiger partial charge in [-0.25, -0.2) is 0 Å². The predicted octanol–water partition coefficient (Wildman–Crippen LogP) is 4.41. The van der Waals surface area contributed by atoms with E-state index in [-0.39, 0.29) is 28.3 Å². The minimum absolute atomic E-state index is 0.0577. The molecule has 2 aromatic carbocycles. The van der Waals surface area contributed by atoms with E-state index in [2.05, 4.69) is 0 Å². The standard InChI is InChI=1S/C24H19NO3/c1-24(2)12-17-19(18(26)13-24)20-21(25(17)14-8-4-3-5-9-14)23(28)16-11-7-6-10-15(16)22(20)27/h3-11H,12-13H2,1-2H3. The molecule has 3 aromatic rings. The Morgan fingerprint density at radius 1 is 0.750 bits per heavy atom. The van der Waals surface area contributed by atoms with Gasteiger partial charge in [0.2, 0.25) is 5.78 Å². The van der Waals surface area contributed by atoms with Crippen LogP contribution in [0.2, 0.25) is 0 Å². The number of hydrogen-bond donors (Lipinski definition) is 0. The summed E-state index contributed by atoms with van der Waals surface area (Å²) in [6.07, 6.45) is 1.00. The second-order valence-corrected chi connectivity index (χ2v) is 8.36. The Balaban J connectivity index is 1.91. The molecule has 0 radical (unpaired) electrons. The lowest BCUT2D eigenvalue weighted by molar-refractivity contribution is 0.0902. The SMILES string of the molecule is CC1(C)CC(=O)c2c3c(n(-c4ccccc4)c2C1)C(=O)c1ccccc1C3=O. The van der Waals surface area contributed by atoms with Crippen molar-refractivity contribution < 1.29 is 14.4 Å². The van der Waals surface area contributed by atoms with Gasteiger partial charge in [0.05, 0.1) is 11.1 Å². The van der Waals surface area contributed by atoms with E-state index in [1.165, 1.54) is 0 Å². The van der Waals surface area contributed by atoms with Crippen molar-refractivity contribution in [3.63, 3.8) is 0 Å². The monoisotopic (exact) mass is 369 g/mol. The maximum Gasteiger partial charge on any atom is 0.211 e. The fourth-order valence-corrected chi connectivity index (χ4v) is 4.57. The second kappa shape index (κ2) is 5.61. The molecule has 0 bridgehead atoms. The van der Waals surface area contributed by atoms with Crippen molar-refractivity contribution in [3.8, 4) is 5.69 Å². The number of rotatable bonds is 1. The highest BCUT2D eigenvalue weighted by molar-refractivity contribution is 6.31. The molecule has 138 valence electrons. The zero-order chi connectivity index (χ0) is 19.6. The zero-order valence-electron chi connectivity index (χ0n) is 15.8. The van der Waals surface area contributed by atoms with Crippen LogP contribution < -0.4 is 0 Å². The maximum atomic E-state index is 13.4. The number of nitrogens with zero attached hydrogens (tertiary/aromatic N) is 1. The highest BCUT2D eigenvalue weighted by atomic mass is 16.1. The molecule has 1 aromatic heterocycles. The first kappa shape index (κ1) is 16.9. The van der Waals surface area contributed by atoms with E-state index < -0.39 is 0 Å². The smallest absolute Gasteiger partial charge is 0.211 e. The third-order valence-electron chi connectivity index (χ3n) is 5.71. The number of fused-ring (bicyclic) bond motifs is 4. The Bertz CT molecular complexity index is 1180. The molecule has 0 N–H and O–H groups in total. The Kier molecular flexibility index (Phi) is 3.38. The van der Waals surface area contributed by atoms with E-state index in [0.29, 0.717) is 35.2 Å². The quantitative estimate of drug-likeness (QED) is 0.499. The second-order valence-electron chi connectivity index (χ2n) is 8.36. The Labute approximate surface area is 162 Å². The summed E-state index contributed by atoms with van der Waals surface area (Å²) in [6, 6.07) is 16.4. The number of benzene rings is 2. The summed E-state index contributed by atoms with van der Waals surface area (Å²) < 4.78 is 1.85. The van der Waals surface area contributed by atoms with Crippen LogP contribution in [0.4, 0.5) is 0 Å². The summed E-state index contributed by atoms with van der Waals surface area (Å²) in [6.45, 7) is 4.10. The molecule has 0 atom stereocenters. The minimum atomic E-state index is -0.232. The summed E-state index contributed by atoms with van der Waals surface area (Å²) in [4.78, 5) is 39.9. The summed E-state index contributed by atoms with van der Waals surface area (Å²) in [7, 11) is 0. The Morgan fingerprint density at radius 2 is 1.36 bits per heavy atom. The highest BCUT2D eigenvalue weighted by Gasteiger charge is 2.44. The maximum absolute atomic E-state index is 13.4. The van der Waals surface area contributed by atoms with Crippen LogP contribution in [0.1, 0.15) is 68.3 Å². The van der Waals surface area contributed by atoms with Gasteiger partial charge in [0.1, 0.15) is 5.69 Å². The van der Waals surface area contributed by atoms with Crippen molar-refractivity contribution in [2.45, 2.75) is 26.7 Å². The van der Waals surface area contributed by atoms with Crippen LogP contribution in [0.5, 0.6) is 0 Å². The van der Waals surface area contributed by atoms with E-state index in [0.717, 1.165) is 11.4 Å². The van der Waals surface area contributed by atoms with Gasteiger partial charge in [-0.1, -0.05) is 56.3 Å². The average molecular weight is 369 g/mol. The molecule has 0 aliphatic heterocycles. The van der Waals surface area contributed by atoms with Crippen LogP contribution >= 0.6 is 0 Å². The summed E-state index contributed by atoms with van der Waals surface area (Å²) >= 11 is 0. The summed E-state index contributed by atoms with van der Waals surface area (Å²) in [5.74, 6) is -0.490. The molecular formula is C24H19NO3. The van der Waals surface area contributed by atoms with Gasteiger partial charge in [-0.15, -0.1) is 0 Å². The van der Waals surface area contributed by atoms with E-state index in [1.807, 2.05) is 48.7 Å². The van der Waals surface area contributed by atoms with Crippen molar-refractivity contribution in [1.29, 1.82) is 0 Å². The van der Waals surface area contributed by atoms with Crippen molar-refractivity contribution in [3.05, 3.63) is 88.2 Å². The van der Waals surface area contributed by atoms with E-state index in [1.54, 1.807) is 24.3 Å². The van der Waals surface area contributed by atoms with E-state index in [9.17, 15) is 14.4 Å². The highest BCUT2D eigenvalue weighted by Crippen LogP contribution is 2.43. The van der Waals surface area contributed by atoms with Gasteiger partial charge in [-0.2, -0.15) is 0 Å². The molecule has 1 heterocycles. The number of ketones is 3. The van der Waals surface area contributed by atoms with Crippen LogP contribution in [0, 0.1) is 5.41 Å². The largest absolute Gasteiger partial charge is 0.309 e. The van der Waals surface area contributed by atoms with Crippen molar-refractivity contribution >= 4 is 17.3 Å². The lowest BCUT2D eigenvalue weighted by Crippen LogP contribution is -2.28. The summed E-state index contributed by atoms with van der Waals surface area (Å²) in [5, 5.41) is 0. The van der Waals surface area contributed by atoms with Crippen LogP contribution in [0.15, 0.2) is 54.6 Å². The molecule has 0 unspecified atom stereocenters. The fourth-order valence-electron chi connectivity index (χ4n) is 4.57. The normalized spacial score (nSPS) is 17.1. The first-order chi connectivity index (χ1) is 13.4. The van der Waals surface area contributed by atoms with Crippen molar-refractivity contribution in [1.82, 2.24) is 4.57 Å². The zero-order valence-corrected chi connectivity index (χ0v) is 15.8. The number of aromatic nitrogens is 1. The molecule has 0 saturated heterocycles. The molecule has 0 saturated carbocycles. The lowest BCUT2D eigenvalue weighted by Gasteiger charge is -2.30. The Hall–Kier alpha value is -3.27. The third-order valence-corrected chi connectivity index (χ3v) is 5.71. The van der Waals surface area contributed by atoms with Crippen LogP contribution in [0.25, 0.3) is 5.69 Å². The molecule has 2 aliphatic carbocycles.